The van der Waals surface area contributed by atoms with Gasteiger partial charge in [0.15, 0.2) is 0 Å². The van der Waals surface area contributed by atoms with Crippen LogP contribution in [0.4, 0.5) is 17.1 Å². The van der Waals surface area contributed by atoms with Crippen molar-refractivity contribution in [3.63, 3.8) is 0 Å². The number of rotatable bonds is 4. The zero-order valence-corrected chi connectivity index (χ0v) is 28.3. The van der Waals surface area contributed by atoms with Crippen molar-refractivity contribution in [3.8, 4) is 0 Å². The molecule has 9 unspecified atom stereocenters. The van der Waals surface area contributed by atoms with Crippen LogP contribution >= 0.6 is 0 Å². The summed E-state index contributed by atoms with van der Waals surface area (Å²) in [6, 6.07) is 3.69. The SMILES string of the molecule is CC1C(=NNc2ccc([N+](=O)[O-])cc2[N+](=O)[O-])CCC2C1(C)CCC1C2(C)CCC2(C)C3CC(C)(C)CCC3(C)CCC12C. The van der Waals surface area contributed by atoms with Crippen molar-refractivity contribution < 1.29 is 9.85 Å². The van der Waals surface area contributed by atoms with Crippen molar-refractivity contribution in [1.29, 1.82) is 0 Å². The van der Waals surface area contributed by atoms with Crippen LogP contribution in [0.25, 0.3) is 0 Å². The molecule has 8 heteroatoms. The van der Waals surface area contributed by atoms with Gasteiger partial charge in [-0.25, -0.2) is 0 Å². The van der Waals surface area contributed by atoms with Gasteiger partial charge >= 0.3 is 5.69 Å². The van der Waals surface area contributed by atoms with E-state index in [1.54, 1.807) is 0 Å². The first-order chi connectivity index (χ1) is 20.4. The summed E-state index contributed by atoms with van der Waals surface area (Å²) in [7, 11) is 0. The monoisotopic (exact) mass is 606 g/mol. The van der Waals surface area contributed by atoms with Crippen LogP contribution in [0.2, 0.25) is 0 Å². The first-order valence-electron chi connectivity index (χ1n) is 17.2. The highest BCUT2D eigenvalue weighted by atomic mass is 16.6. The molecule has 0 bridgehead atoms. The number of non-ortho nitro benzene ring substituents is 1. The standard InChI is InChI=1S/C36H54N4O4/c1-23-25(37-38-26-10-9-24(39(41)42)21-27(26)40(43)44)11-12-28-33(23,5)14-13-29-34(28,6)18-20-36(8)30-22-31(2,3)15-16-32(30,4)17-19-35(29,36)7/h9-10,21,23,28-30,38H,11-20,22H2,1-8H3. The van der Waals surface area contributed by atoms with E-state index in [2.05, 4.69) is 60.8 Å². The lowest BCUT2D eigenvalue weighted by atomic mass is 9.30. The van der Waals surface area contributed by atoms with E-state index in [0.29, 0.717) is 33.0 Å². The molecule has 8 nitrogen and oxygen atoms in total. The van der Waals surface area contributed by atoms with Crippen LogP contribution in [-0.4, -0.2) is 15.6 Å². The lowest BCUT2D eigenvalue weighted by Gasteiger charge is -2.75. The largest absolute Gasteiger partial charge is 0.301 e. The first kappa shape index (κ1) is 31.5. The Labute approximate surface area is 263 Å². The van der Waals surface area contributed by atoms with E-state index in [9.17, 15) is 20.2 Å². The van der Waals surface area contributed by atoms with Gasteiger partial charge in [0.2, 0.25) is 0 Å². The molecule has 5 fully saturated rings. The molecule has 1 aromatic carbocycles. The van der Waals surface area contributed by atoms with E-state index in [1.165, 1.54) is 69.9 Å². The topological polar surface area (TPSA) is 111 Å². The van der Waals surface area contributed by atoms with Gasteiger partial charge in [0.05, 0.1) is 15.9 Å². The number of benzene rings is 1. The summed E-state index contributed by atoms with van der Waals surface area (Å²) < 4.78 is 0. The second-order valence-electron chi connectivity index (χ2n) is 17.8. The van der Waals surface area contributed by atoms with Gasteiger partial charge in [0.1, 0.15) is 5.69 Å². The number of hydrogen-bond donors (Lipinski definition) is 1. The zero-order valence-electron chi connectivity index (χ0n) is 28.3. The lowest BCUT2D eigenvalue weighted by Crippen LogP contribution is -2.67. The quantitative estimate of drug-likeness (QED) is 0.271. The smallest absolute Gasteiger partial charge is 0.272 e. The van der Waals surface area contributed by atoms with Crippen molar-refractivity contribution in [2.75, 3.05) is 5.43 Å². The molecule has 0 radical (unpaired) electrons. The summed E-state index contributed by atoms with van der Waals surface area (Å²) in [5, 5.41) is 27.6. The Kier molecular flexibility index (Phi) is 7.15. The number of nitro benzene ring substituents is 2. The van der Waals surface area contributed by atoms with Gasteiger partial charge in [0, 0.05) is 17.7 Å². The predicted octanol–water partition coefficient (Wildman–Crippen LogP) is 10.2. The molecule has 0 aromatic heterocycles. The van der Waals surface area contributed by atoms with Crippen molar-refractivity contribution in [2.24, 2.45) is 61.3 Å². The minimum atomic E-state index is -0.611. The van der Waals surface area contributed by atoms with E-state index in [4.69, 9.17) is 5.10 Å². The predicted molar refractivity (Wildman–Crippen MR) is 176 cm³/mol. The molecule has 1 aromatic rings. The van der Waals surface area contributed by atoms with Gasteiger partial charge < -0.3 is 0 Å². The van der Waals surface area contributed by atoms with Gasteiger partial charge in [-0.2, -0.15) is 5.10 Å². The maximum Gasteiger partial charge on any atom is 0.301 e. The van der Waals surface area contributed by atoms with Gasteiger partial charge in [-0.3, -0.25) is 25.7 Å². The van der Waals surface area contributed by atoms with Crippen LogP contribution in [0.15, 0.2) is 23.3 Å². The van der Waals surface area contributed by atoms with Crippen LogP contribution in [0.1, 0.15) is 126 Å². The molecule has 242 valence electrons. The number of nitrogens with zero attached hydrogens (tertiary/aromatic N) is 3. The van der Waals surface area contributed by atoms with E-state index >= 15 is 0 Å². The molecule has 0 aliphatic heterocycles. The van der Waals surface area contributed by atoms with Gasteiger partial charge in [0.25, 0.3) is 5.69 Å². The Hall–Kier alpha value is -2.51. The highest BCUT2D eigenvalue weighted by molar-refractivity contribution is 5.89. The first-order valence-corrected chi connectivity index (χ1v) is 17.2. The fourth-order valence-electron chi connectivity index (χ4n) is 12.4. The number of hydrogen-bond acceptors (Lipinski definition) is 6. The number of nitrogens with one attached hydrogen (secondary N) is 1. The van der Waals surface area contributed by atoms with E-state index in [0.717, 1.165) is 36.5 Å². The average Bonchev–Trinajstić information content (AvgIpc) is 2.95. The number of fused-ring (bicyclic) bond motifs is 7. The van der Waals surface area contributed by atoms with Crippen LogP contribution in [0.5, 0.6) is 0 Å². The molecule has 0 spiro atoms. The third-order valence-corrected chi connectivity index (χ3v) is 15.5. The molecule has 5 aliphatic rings. The van der Waals surface area contributed by atoms with Crippen molar-refractivity contribution >= 4 is 22.8 Å². The van der Waals surface area contributed by atoms with Gasteiger partial charge in [-0.05, 0) is 127 Å². The normalized spacial score (nSPS) is 45.3. The number of nitro groups is 2. The Morgan fingerprint density at radius 1 is 0.773 bits per heavy atom. The Morgan fingerprint density at radius 2 is 1.43 bits per heavy atom. The molecular formula is C36H54N4O4. The Morgan fingerprint density at radius 3 is 2.11 bits per heavy atom. The van der Waals surface area contributed by atoms with Crippen LogP contribution < -0.4 is 5.43 Å². The number of anilines is 1. The van der Waals surface area contributed by atoms with E-state index < -0.39 is 9.85 Å². The molecular weight excluding hydrogens is 552 g/mol. The number of hydrazone groups is 1. The van der Waals surface area contributed by atoms with Crippen molar-refractivity contribution in [2.45, 2.75) is 126 Å². The Bertz CT molecular complexity index is 1410. The van der Waals surface area contributed by atoms with E-state index in [-0.39, 0.29) is 28.4 Å². The third-order valence-electron chi connectivity index (χ3n) is 15.5. The van der Waals surface area contributed by atoms with Crippen LogP contribution in [0.3, 0.4) is 0 Å². The molecule has 5 saturated carbocycles. The second kappa shape index (κ2) is 9.99. The summed E-state index contributed by atoms with van der Waals surface area (Å²) in [4.78, 5) is 21.7. The maximum atomic E-state index is 11.7. The summed E-state index contributed by atoms with van der Waals surface area (Å²) in [5.74, 6) is 2.40. The summed E-state index contributed by atoms with van der Waals surface area (Å²) in [6.07, 6.45) is 13.9. The van der Waals surface area contributed by atoms with Gasteiger partial charge in [-0.15, -0.1) is 0 Å². The molecule has 0 saturated heterocycles. The highest BCUT2D eigenvalue weighted by Crippen LogP contribution is 2.78. The zero-order chi connectivity index (χ0) is 32.1. The average molecular weight is 607 g/mol. The fourth-order valence-corrected chi connectivity index (χ4v) is 12.4. The molecule has 6 rings (SSSR count). The van der Waals surface area contributed by atoms with Crippen LogP contribution in [0, 0.1) is 76.4 Å². The second-order valence-corrected chi connectivity index (χ2v) is 17.8. The third kappa shape index (κ3) is 4.39. The van der Waals surface area contributed by atoms with Crippen molar-refractivity contribution in [3.05, 3.63) is 38.4 Å². The Balaban J connectivity index is 1.27. The van der Waals surface area contributed by atoms with Crippen LogP contribution in [-0.2, 0) is 0 Å². The lowest BCUT2D eigenvalue weighted by molar-refractivity contribution is -0.393. The molecule has 44 heavy (non-hydrogen) atoms. The maximum absolute atomic E-state index is 11.7. The fraction of sp³-hybridized carbons (Fsp3) is 0.806. The highest BCUT2D eigenvalue weighted by Gasteiger charge is 2.70. The molecule has 9 atom stereocenters. The molecule has 0 amide bonds. The van der Waals surface area contributed by atoms with Crippen molar-refractivity contribution in [1.82, 2.24) is 0 Å². The van der Waals surface area contributed by atoms with Gasteiger partial charge in [-0.1, -0.05) is 55.4 Å². The molecule has 5 aliphatic carbocycles. The minimum absolute atomic E-state index is 0.117. The summed E-state index contributed by atoms with van der Waals surface area (Å²) >= 11 is 0. The van der Waals surface area contributed by atoms with E-state index in [1.807, 2.05) is 0 Å². The molecule has 0 heterocycles. The minimum Gasteiger partial charge on any atom is -0.272 e. The summed E-state index contributed by atoms with van der Waals surface area (Å²) in [6.45, 7) is 20.5. The molecule has 1 N–H and O–H groups in total. The summed E-state index contributed by atoms with van der Waals surface area (Å²) in [5.41, 5.74) is 5.64.